The largest absolute Gasteiger partial charge is 0.497 e. The van der Waals surface area contributed by atoms with Crippen molar-refractivity contribution in [3.63, 3.8) is 0 Å². The number of carbonyl (C=O) groups is 2. The van der Waals surface area contributed by atoms with Gasteiger partial charge in [-0.05, 0) is 30.5 Å². The minimum atomic E-state index is -0.947. The summed E-state index contributed by atoms with van der Waals surface area (Å²) in [6, 6.07) is 7.38. The van der Waals surface area contributed by atoms with Gasteiger partial charge in [0.05, 0.1) is 31.2 Å². The molecular weight excluding hydrogens is 286 g/mol. The topological polar surface area (TPSA) is 84.9 Å². The molecule has 118 valence electrons. The van der Waals surface area contributed by atoms with E-state index in [-0.39, 0.29) is 18.1 Å². The Morgan fingerprint density at radius 3 is 2.45 bits per heavy atom. The van der Waals surface area contributed by atoms with Gasteiger partial charge in [0.15, 0.2) is 0 Å². The van der Waals surface area contributed by atoms with Crippen LogP contribution in [0.1, 0.15) is 18.4 Å². The molecule has 2 aliphatic heterocycles. The minimum absolute atomic E-state index is 0.240. The number of nitrogens with one attached hydrogen (secondary N) is 1. The normalized spacial score (nSPS) is 29.3. The number of carboxylic acid groups (broad SMARTS) is 1. The van der Waals surface area contributed by atoms with E-state index in [0.29, 0.717) is 6.54 Å². The number of benzene rings is 1. The molecule has 2 N–H and O–H groups in total. The van der Waals surface area contributed by atoms with Gasteiger partial charge in [0, 0.05) is 6.54 Å². The first-order valence-corrected chi connectivity index (χ1v) is 7.39. The van der Waals surface area contributed by atoms with Crippen LogP contribution < -0.4 is 10.1 Å². The molecular formula is C16H19NO5. The van der Waals surface area contributed by atoms with Gasteiger partial charge in [-0.15, -0.1) is 0 Å². The number of ether oxygens (including phenoxy) is 2. The minimum Gasteiger partial charge on any atom is -0.497 e. The standard InChI is InChI=1S/C16H19NO5/c1-21-10-4-2-9(3-5-10)8-17-15(18)13-11-6-7-12(22-11)14(13)16(19)20/h2-5,11-14H,6-8H2,1H3,(H,17,18)(H,19,20)/t11-,12+,13+,14+/m1/s1. The van der Waals surface area contributed by atoms with Crippen molar-refractivity contribution in [1.82, 2.24) is 5.32 Å². The highest BCUT2D eigenvalue weighted by Crippen LogP contribution is 2.43. The Hall–Kier alpha value is -2.08. The van der Waals surface area contributed by atoms with Gasteiger partial charge >= 0.3 is 5.97 Å². The van der Waals surface area contributed by atoms with Crippen molar-refractivity contribution >= 4 is 11.9 Å². The summed E-state index contributed by atoms with van der Waals surface area (Å²) in [6.45, 7) is 0.364. The molecule has 6 nitrogen and oxygen atoms in total. The monoisotopic (exact) mass is 305 g/mol. The van der Waals surface area contributed by atoms with Crippen LogP contribution in [0.5, 0.6) is 5.75 Å². The summed E-state index contributed by atoms with van der Waals surface area (Å²) in [4.78, 5) is 23.7. The summed E-state index contributed by atoms with van der Waals surface area (Å²) >= 11 is 0. The van der Waals surface area contributed by atoms with Crippen LogP contribution in [0.25, 0.3) is 0 Å². The summed E-state index contributed by atoms with van der Waals surface area (Å²) in [6.07, 6.45) is 0.903. The van der Waals surface area contributed by atoms with Gasteiger partial charge in [-0.3, -0.25) is 9.59 Å². The van der Waals surface area contributed by atoms with E-state index in [2.05, 4.69) is 5.32 Å². The lowest BCUT2D eigenvalue weighted by molar-refractivity contribution is -0.147. The fourth-order valence-corrected chi connectivity index (χ4v) is 3.38. The van der Waals surface area contributed by atoms with Crippen molar-refractivity contribution in [3.8, 4) is 5.75 Å². The highest BCUT2D eigenvalue weighted by Gasteiger charge is 2.55. The maximum absolute atomic E-state index is 12.4. The molecule has 2 bridgehead atoms. The van der Waals surface area contributed by atoms with Crippen LogP contribution in [0.15, 0.2) is 24.3 Å². The number of fused-ring (bicyclic) bond motifs is 2. The Kier molecular flexibility index (Phi) is 4.02. The number of amides is 1. The quantitative estimate of drug-likeness (QED) is 0.853. The zero-order valence-corrected chi connectivity index (χ0v) is 12.3. The fraction of sp³-hybridized carbons (Fsp3) is 0.500. The van der Waals surface area contributed by atoms with Crippen molar-refractivity contribution in [1.29, 1.82) is 0 Å². The van der Waals surface area contributed by atoms with Crippen LogP contribution >= 0.6 is 0 Å². The molecule has 0 unspecified atom stereocenters. The van der Waals surface area contributed by atoms with Gasteiger partial charge in [-0.1, -0.05) is 12.1 Å². The first-order chi connectivity index (χ1) is 10.6. The number of hydrogen-bond donors (Lipinski definition) is 2. The molecule has 2 saturated heterocycles. The molecule has 2 fully saturated rings. The Bertz CT molecular complexity index is 570. The lowest BCUT2D eigenvalue weighted by Gasteiger charge is -2.23. The van der Waals surface area contributed by atoms with Gasteiger partial charge < -0.3 is 19.9 Å². The van der Waals surface area contributed by atoms with Gasteiger partial charge in [0.25, 0.3) is 0 Å². The van der Waals surface area contributed by atoms with Crippen molar-refractivity contribution in [2.24, 2.45) is 11.8 Å². The molecule has 0 radical (unpaired) electrons. The summed E-state index contributed by atoms with van der Waals surface area (Å²) in [7, 11) is 1.60. The van der Waals surface area contributed by atoms with E-state index in [0.717, 1.165) is 24.2 Å². The Balaban J connectivity index is 1.62. The number of carboxylic acids is 1. The molecule has 2 heterocycles. The molecule has 0 aromatic heterocycles. The lowest BCUT2D eigenvalue weighted by Crippen LogP contribution is -2.43. The molecule has 0 aliphatic carbocycles. The molecule has 22 heavy (non-hydrogen) atoms. The molecule has 4 atom stereocenters. The van der Waals surface area contributed by atoms with Crippen LogP contribution in [0, 0.1) is 11.8 Å². The SMILES string of the molecule is COc1ccc(CNC(=O)[C@@H]2[C@@H](C(=O)O)[C@@H]3CC[C@H]2O3)cc1. The maximum atomic E-state index is 12.4. The number of rotatable bonds is 5. The van der Waals surface area contributed by atoms with Crippen LogP contribution in [0.3, 0.4) is 0 Å². The Morgan fingerprint density at radius 2 is 1.86 bits per heavy atom. The first-order valence-electron chi connectivity index (χ1n) is 7.39. The third-order valence-electron chi connectivity index (χ3n) is 4.49. The van der Waals surface area contributed by atoms with Gasteiger partial charge in [0.1, 0.15) is 5.75 Å². The highest BCUT2D eigenvalue weighted by atomic mass is 16.5. The van der Waals surface area contributed by atoms with E-state index < -0.39 is 17.8 Å². The van der Waals surface area contributed by atoms with Crippen LogP contribution in [0.4, 0.5) is 0 Å². The summed E-state index contributed by atoms with van der Waals surface area (Å²) in [5.74, 6) is -1.75. The zero-order chi connectivity index (χ0) is 15.7. The van der Waals surface area contributed by atoms with Crippen molar-refractivity contribution in [2.45, 2.75) is 31.6 Å². The number of carbonyl (C=O) groups excluding carboxylic acids is 1. The fourth-order valence-electron chi connectivity index (χ4n) is 3.38. The first kappa shape index (κ1) is 14.8. The Morgan fingerprint density at radius 1 is 1.23 bits per heavy atom. The summed E-state index contributed by atoms with van der Waals surface area (Å²) < 4.78 is 10.7. The molecule has 1 aromatic carbocycles. The number of aliphatic carboxylic acids is 1. The maximum Gasteiger partial charge on any atom is 0.310 e. The lowest BCUT2D eigenvalue weighted by atomic mass is 9.78. The average Bonchev–Trinajstić information content (AvgIpc) is 3.14. The molecule has 0 saturated carbocycles. The molecule has 2 aliphatic rings. The zero-order valence-electron chi connectivity index (χ0n) is 12.3. The predicted octanol–water partition coefficient (Wildman–Crippen LogP) is 1.19. The van der Waals surface area contributed by atoms with Crippen LogP contribution in [-0.2, 0) is 20.9 Å². The van der Waals surface area contributed by atoms with E-state index in [9.17, 15) is 14.7 Å². The van der Waals surface area contributed by atoms with Gasteiger partial charge in [0.2, 0.25) is 5.91 Å². The van der Waals surface area contributed by atoms with E-state index in [1.807, 2.05) is 24.3 Å². The number of methoxy groups -OCH3 is 1. The summed E-state index contributed by atoms with van der Waals surface area (Å²) in [5.41, 5.74) is 0.935. The van der Waals surface area contributed by atoms with E-state index in [1.165, 1.54) is 0 Å². The average molecular weight is 305 g/mol. The van der Waals surface area contributed by atoms with Crippen LogP contribution in [-0.4, -0.2) is 36.3 Å². The van der Waals surface area contributed by atoms with Gasteiger partial charge in [-0.25, -0.2) is 0 Å². The van der Waals surface area contributed by atoms with E-state index in [1.54, 1.807) is 7.11 Å². The molecule has 3 rings (SSSR count). The van der Waals surface area contributed by atoms with Gasteiger partial charge in [-0.2, -0.15) is 0 Å². The van der Waals surface area contributed by atoms with Crippen molar-refractivity contribution in [3.05, 3.63) is 29.8 Å². The predicted molar refractivity (Wildman–Crippen MR) is 77.4 cm³/mol. The second kappa shape index (κ2) is 5.96. The van der Waals surface area contributed by atoms with Crippen molar-refractivity contribution < 1.29 is 24.2 Å². The second-order valence-corrected chi connectivity index (χ2v) is 5.75. The third kappa shape index (κ3) is 2.66. The highest BCUT2D eigenvalue weighted by molar-refractivity contribution is 5.86. The summed E-state index contributed by atoms with van der Waals surface area (Å²) in [5, 5.41) is 12.1. The van der Waals surface area contributed by atoms with E-state index >= 15 is 0 Å². The molecule has 6 heteroatoms. The molecule has 1 aromatic rings. The Labute approximate surface area is 128 Å². The molecule has 0 spiro atoms. The number of hydrogen-bond acceptors (Lipinski definition) is 4. The van der Waals surface area contributed by atoms with E-state index in [4.69, 9.17) is 9.47 Å². The smallest absolute Gasteiger partial charge is 0.310 e. The third-order valence-corrected chi connectivity index (χ3v) is 4.49. The van der Waals surface area contributed by atoms with Crippen molar-refractivity contribution in [2.75, 3.05) is 7.11 Å². The molecule has 1 amide bonds. The second-order valence-electron chi connectivity index (χ2n) is 5.75. The van der Waals surface area contributed by atoms with Crippen LogP contribution in [0.2, 0.25) is 0 Å².